The van der Waals surface area contributed by atoms with Gasteiger partial charge in [0, 0.05) is 29.2 Å². The summed E-state index contributed by atoms with van der Waals surface area (Å²) in [5, 5.41) is 20.7. The van der Waals surface area contributed by atoms with Crippen molar-refractivity contribution in [2.75, 3.05) is 0 Å². The van der Waals surface area contributed by atoms with Gasteiger partial charge in [0.1, 0.15) is 11.6 Å². The molecule has 0 unspecified atom stereocenters. The molecule has 0 radical (unpaired) electrons. The summed E-state index contributed by atoms with van der Waals surface area (Å²) in [6, 6.07) is 8.09. The van der Waals surface area contributed by atoms with Gasteiger partial charge in [-0.15, -0.1) is 0 Å². The van der Waals surface area contributed by atoms with Gasteiger partial charge >= 0.3 is 0 Å². The van der Waals surface area contributed by atoms with Crippen molar-refractivity contribution in [1.29, 1.82) is 0 Å². The number of aromatic hydroxyl groups is 1. The monoisotopic (exact) mass is 313 g/mol. The van der Waals surface area contributed by atoms with Crippen molar-refractivity contribution in [2.24, 2.45) is 0 Å². The van der Waals surface area contributed by atoms with Crippen molar-refractivity contribution in [3.8, 4) is 5.75 Å². The predicted octanol–water partition coefficient (Wildman–Crippen LogP) is 3.82. The average Bonchev–Trinajstić information content (AvgIpc) is 2.77. The summed E-state index contributed by atoms with van der Waals surface area (Å²) in [5.74, 6) is -1.82. The fourth-order valence-corrected chi connectivity index (χ4v) is 2.84. The van der Waals surface area contributed by atoms with Gasteiger partial charge in [0.25, 0.3) is 5.69 Å². The Morgan fingerprint density at radius 3 is 2.70 bits per heavy atom. The van der Waals surface area contributed by atoms with E-state index in [1.165, 1.54) is 24.3 Å². The number of nitro benzene ring substituents is 1. The van der Waals surface area contributed by atoms with E-state index in [2.05, 4.69) is 0 Å². The number of ketones is 1. The molecule has 6 heteroatoms. The molecule has 0 saturated heterocycles. The van der Waals surface area contributed by atoms with Gasteiger partial charge in [-0.25, -0.2) is 4.39 Å². The highest BCUT2D eigenvalue weighted by Crippen LogP contribution is 2.43. The van der Waals surface area contributed by atoms with E-state index < -0.39 is 22.4 Å². The summed E-state index contributed by atoms with van der Waals surface area (Å²) in [6.45, 7) is 1.66. The van der Waals surface area contributed by atoms with Crippen molar-refractivity contribution in [3.05, 3.63) is 74.6 Å². The van der Waals surface area contributed by atoms with Crippen LogP contribution < -0.4 is 0 Å². The molecule has 116 valence electrons. The Labute approximate surface area is 130 Å². The van der Waals surface area contributed by atoms with Crippen LogP contribution in [0.1, 0.15) is 34.3 Å². The molecule has 1 aliphatic carbocycles. The zero-order valence-electron chi connectivity index (χ0n) is 12.1. The van der Waals surface area contributed by atoms with Crippen LogP contribution >= 0.6 is 0 Å². The topological polar surface area (TPSA) is 80.4 Å². The Hall–Kier alpha value is -3.02. The van der Waals surface area contributed by atoms with E-state index in [-0.39, 0.29) is 22.6 Å². The van der Waals surface area contributed by atoms with E-state index in [1.54, 1.807) is 13.0 Å². The average molecular weight is 313 g/mol. The molecule has 1 N–H and O–H groups in total. The Kier molecular flexibility index (Phi) is 3.44. The summed E-state index contributed by atoms with van der Waals surface area (Å²) in [6.07, 6.45) is 1.50. The molecule has 0 aromatic heterocycles. The van der Waals surface area contributed by atoms with E-state index in [0.717, 1.165) is 12.1 Å². The third-order valence-electron chi connectivity index (χ3n) is 3.96. The molecule has 1 aliphatic rings. The van der Waals surface area contributed by atoms with Crippen LogP contribution in [0.4, 0.5) is 10.1 Å². The van der Waals surface area contributed by atoms with Crippen LogP contribution in [-0.4, -0.2) is 15.8 Å². The molecule has 3 rings (SSSR count). The van der Waals surface area contributed by atoms with Gasteiger partial charge in [0.15, 0.2) is 5.78 Å². The lowest BCUT2D eigenvalue weighted by molar-refractivity contribution is -0.384. The van der Waals surface area contributed by atoms with Gasteiger partial charge in [-0.3, -0.25) is 14.9 Å². The lowest BCUT2D eigenvalue weighted by Gasteiger charge is -2.07. The molecule has 0 bridgehead atoms. The summed E-state index contributed by atoms with van der Waals surface area (Å²) >= 11 is 0. The van der Waals surface area contributed by atoms with Crippen LogP contribution in [0, 0.1) is 15.9 Å². The van der Waals surface area contributed by atoms with Crippen molar-refractivity contribution < 1.29 is 19.2 Å². The zero-order chi connectivity index (χ0) is 16.7. The third-order valence-corrected chi connectivity index (χ3v) is 3.96. The van der Waals surface area contributed by atoms with Gasteiger partial charge < -0.3 is 5.11 Å². The first-order valence-corrected chi connectivity index (χ1v) is 6.92. The molecular formula is C17H12FNO4. The van der Waals surface area contributed by atoms with Crippen molar-refractivity contribution in [2.45, 2.75) is 12.8 Å². The number of carbonyl (C=O) groups is 1. The maximum absolute atomic E-state index is 14.0. The lowest BCUT2D eigenvalue weighted by atomic mass is 9.97. The number of phenolic OH excluding ortho intramolecular Hbond substituents is 1. The standard InChI is InChI=1S/C17H12FNO4/c1-9-12(8-10-3-2-4-11(7-10)19(22)23)17(21)16-14(20)6-5-13(18)15(9)16/h2-9,20H,1H3/b12-8+/t9-/m1/s1. The lowest BCUT2D eigenvalue weighted by Crippen LogP contribution is -1.98. The number of hydrogen-bond acceptors (Lipinski definition) is 4. The van der Waals surface area contributed by atoms with Gasteiger partial charge in [-0.1, -0.05) is 19.1 Å². The maximum Gasteiger partial charge on any atom is 0.270 e. The number of non-ortho nitro benzene ring substituents is 1. The number of allylic oxidation sites excluding steroid dienone is 1. The number of nitrogens with zero attached hydrogens (tertiary/aromatic N) is 1. The van der Waals surface area contributed by atoms with Crippen LogP contribution in [0.3, 0.4) is 0 Å². The van der Waals surface area contributed by atoms with Gasteiger partial charge in [0.05, 0.1) is 10.5 Å². The highest BCUT2D eigenvalue weighted by Gasteiger charge is 2.36. The second-order valence-corrected chi connectivity index (χ2v) is 5.36. The van der Waals surface area contributed by atoms with Crippen LogP contribution in [0.2, 0.25) is 0 Å². The molecule has 2 aromatic rings. The van der Waals surface area contributed by atoms with Crippen molar-refractivity contribution in [1.82, 2.24) is 0 Å². The number of halogens is 1. The fourth-order valence-electron chi connectivity index (χ4n) is 2.84. The minimum atomic E-state index is -0.555. The Bertz CT molecular complexity index is 873. The zero-order valence-corrected chi connectivity index (χ0v) is 12.1. The summed E-state index contributed by atoms with van der Waals surface area (Å²) in [7, 11) is 0. The molecule has 0 amide bonds. The minimum Gasteiger partial charge on any atom is -0.507 e. The second-order valence-electron chi connectivity index (χ2n) is 5.36. The van der Waals surface area contributed by atoms with E-state index in [1.807, 2.05) is 0 Å². The molecule has 5 nitrogen and oxygen atoms in total. The normalized spacial score (nSPS) is 18.3. The van der Waals surface area contributed by atoms with Gasteiger partial charge in [-0.05, 0) is 23.8 Å². The molecule has 2 aromatic carbocycles. The quantitative estimate of drug-likeness (QED) is 0.519. The minimum absolute atomic E-state index is 0.0332. The molecule has 0 aliphatic heterocycles. The Morgan fingerprint density at radius 1 is 1.30 bits per heavy atom. The highest BCUT2D eigenvalue weighted by atomic mass is 19.1. The number of nitro groups is 1. The SMILES string of the molecule is C[C@@H]1/C(=C\c2cccc([N+](=O)[O-])c2)C(=O)c2c(O)ccc(F)c21. The number of phenols is 1. The first kappa shape index (κ1) is 14.9. The third kappa shape index (κ3) is 2.38. The molecule has 0 saturated carbocycles. The fraction of sp³-hybridized carbons (Fsp3) is 0.118. The van der Waals surface area contributed by atoms with Crippen LogP contribution in [-0.2, 0) is 0 Å². The van der Waals surface area contributed by atoms with Crippen LogP contribution in [0.25, 0.3) is 6.08 Å². The number of fused-ring (bicyclic) bond motifs is 1. The maximum atomic E-state index is 14.0. The summed E-state index contributed by atoms with van der Waals surface area (Å²) < 4.78 is 14.0. The largest absolute Gasteiger partial charge is 0.507 e. The molecule has 1 atom stereocenters. The summed E-state index contributed by atoms with van der Waals surface area (Å²) in [5.41, 5.74) is 0.799. The summed E-state index contributed by atoms with van der Waals surface area (Å²) in [4.78, 5) is 22.8. The Balaban J connectivity index is 2.11. The molecule has 0 spiro atoms. The first-order valence-electron chi connectivity index (χ1n) is 6.92. The van der Waals surface area contributed by atoms with E-state index >= 15 is 0 Å². The molecule has 23 heavy (non-hydrogen) atoms. The van der Waals surface area contributed by atoms with Crippen LogP contribution in [0.15, 0.2) is 42.0 Å². The number of rotatable bonds is 2. The highest BCUT2D eigenvalue weighted by molar-refractivity contribution is 6.18. The number of hydrogen-bond donors (Lipinski definition) is 1. The Morgan fingerprint density at radius 2 is 2.04 bits per heavy atom. The molecule has 0 fully saturated rings. The van der Waals surface area contributed by atoms with Crippen LogP contribution in [0.5, 0.6) is 5.75 Å². The van der Waals surface area contributed by atoms with E-state index in [9.17, 15) is 24.4 Å². The molecule has 0 heterocycles. The number of Topliss-reactive ketones (excluding diaryl/α,β-unsaturated/α-hetero) is 1. The van der Waals surface area contributed by atoms with E-state index in [0.29, 0.717) is 11.1 Å². The van der Waals surface area contributed by atoms with Crippen molar-refractivity contribution in [3.63, 3.8) is 0 Å². The number of benzene rings is 2. The van der Waals surface area contributed by atoms with E-state index in [4.69, 9.17) is 0 Å². The van der Waals surface area contributed by atoms with Gasteiger partial charge in [-0.2, -0.15) is 0 Å². The van der Waals surface area contributed by atoms with Crippen molar-refractivity contribution >= 4 is 17.5 Å². The van der Waals surface area contributed by atoms with Gasteiger partial charge in [0.2, 0.25) is 0 Å². The smallest absolute Gasteiger partial charge is 0.270 e. The first-order chi connectivity index (χ1) is 10.9. The predicted molar refractivity (Wildman–Crippen MR) is 81.9 cm³/mol. The second kappa shape index (κ2) is 5.31. The molecular weight excluding hydrogens is 301 g/mol. The number of carbonyl (C=O) groups excluding carboxylic acids is 1.